The highest BCUT2D eigenvalue weighted by Crippen LogP contribution is 2.25. The van der Waals surface area contributed by atoms with Gasteiger partial charge in [-0.3, -0.25) is 9.79 Å². The number of amides is 2. The van der Waals surface area contributed by atoms with Crippen molar-refractivity contribution < 1.29 is 17.6 Å². The number of fused-ring (bicyclic) bond motifs is 1. The SMILES string of the molecule is CN=C1C=c2[nH]c(=O)n(-c3ccc(NC(=O)NS(=O)(=O)c4ccc(Cl)s4)cc3)c(=O)c2=CC1F. The molecule has 2 heterocycles. The third-order valence-corrected chi connectivity index (χ3v) is 7.79. The lowest BCUT2D eigenvalue weighted by molar-refractivity contribution is 0.256. The predicted molar refractivity (Wildman–Crippen MR) is 128 cm³/mol. The molecule has 0 saturated carbocycles. The van der Waals surface area contributed by atoms with Gasteiger partial charge in [-0.1, -0.05) is 11.6 Å². The number of halogens is 2. The van der Waals surface area contributed by atoms with E-state index in [1.807, 2.05) is 4.72 Å². The molecule has 1 aliphatic carbocycles. The summed E-state index contributed by atoms with van der Waals surface area (Å²) in [4.78, 5) is 43.8. The molecule has 1 aromatic carbocycles. The van der Waals surface area contributed by atoms with Crippen LogP contribution in [0.25, 0.3) is 17.8 Å². The normalized spacial score (nSPS) is 16.3. The number of urea groups is 1. The van der Waals surface area contributed by atoms with Gasteiger partial charge in [-0.2, -0.15) is 0 Å². The molecule has 0 spiro atoms. The molecule has 1 unspecified atom stereocenters. The summed E-state index contributed by atoms with van der Waals surface area (Å²) in [5.74, 6) is 0. The van der Waals surface area contributed by atoms with Crippen LogP contribution in [0.3, 0.4) is 0 Å². The molecule has 3 aromatic rings. The number of rotatable bonds is 4. The standard InChI is InChI=1S/C20H15ClFN5O5S2/c1-23-15-9-14-12(8-13(15)22)18(28)27(20(30)25-14)11-4-2-10(3-5-11)24-19(29)26-34(31,32)17-7-6-16(21)33-17/h2-9,13H,1H3,(H,25,30)(H2,24,26,29). The van der Waals surface area contributed by atoms with Crippen LogP contribution in [0.15, 0.2) is 55.2 Å². The largest absolute Gasteiger partial charge is 0.333 e. The Hall–Kier alpha value is -3.55. The van der Waals surface area contributed by atoms with E-state index >= 15 is 0 Å². The maximum absolute atomic E-state index is 14.2. The molecule has 1 atom stereocenters. The van der Waals surface area contributed by atoms with Crippen molar-refractivity contribution in [1.82, 2.24) is 14.3 Å². The van der Waals surface area contributed by atoms with Gasteiger partial charge in [0.2, 0.25) is 0 Å². The lowest BCUT2D eigenvalue weighted by Gasteiger charge is -2.11. The molecule has 2 amide bonds. The topological polar surface area (TPSA) is 142 Å². The number of benzene rings is 1. The van der Waals surface area contributed by atoms with Gasteiger partial charge in [0.25, 0.3) is 15.6 Å². The van der Waals surface area contributed by atoms with Crippen molar-refractivity contribution in [3.05, 3.63) is 72.1 Å². The summed E-state index contributed by atoms with van der Waals surface area (Å²) in [7, 11) is -2.70. The van der Waals surface area contributed by atoms with E-state index in [9.17, 15) is 27.2 Å². The van der Waals surface area contributed by atoms with E-state index in [0.717, 1.165) is 22.0 Å². The van der Waals surface area contributed by atoms with Crippen LogP contribution >= 0.6 is 22.9 Å². The van der Waals surface area contributed by atoms with Gasteiger partial charge in [0.05, 0.1) is 26.3 Å². The van der Waals surface area contributed by atoms with Crippen molar-refractivity contribution in [2.24, 2.45) is 4.99 Å². The van der Waals surface area contributed by atoms with E-state index in [1.165, 1.54) is 49.5 Å². The molecule has 0 bridgehead atoms. The van der Waals surface area contributed by atoms with Gasteiger partial charge in [-0.25, -0.2) is 31.7 Å². The zero-order valence-electron chi connectivity index (χ0n) is 17.2. The third kappa shape index (κ3) is 4.58. The fourth-order valence-electron chi connectivity index (χ4n) is 3.19. The minimum Gasteiger partial charge on any atom is -0.307 e. The van der Waals surface area contributed by atoms with E-state index in [1.54, 1.807) is 0 Å². The van der Waals surface area contributed by atoms with Crippen molar-refractivity contribution in [1.29, 1.82) is 0 Å². The van der Waals surface area contributed by atoms with Crippen LogP contribution < -0.4 is 31.9 Å². The highest BCUT2D eigenvalue weighted by Gasteiger charge is 2.20. The monoisotopic (exact) mass is 523 g/mol. The summed E-state index contributed by atoms with van der Waals surface area (Å²) in [5.41, 5.74) is -1.05. The molecular weight excluding hydrogens is 509 g/mol. The summed E-state index contributed by atoms with van der Waals surface area (Å²) < 4.78 is 41.4. The molecule has 0 saturated heterocycles. The Kier molecular flexibility index (Phi) is 6.25. The van der Waals surface area contributed by atoms with Crippen molar-refractivity contribution in [2.45, 2.75) is 10.4 Å². The second kappa shape index (κ2) is 9.00. The first-order valence-electron chi connectivity index (χ1n) is 9.48. The van der Waals surface area contributed by atoms with Crippen LogP contribution in [0.4, 0.5) is 14.9 Å². The molecule has 1 aliphatic rings. The van der Waals surface area contributed by atoms with Crippen LogP contribution in [-0.2, 0) is 10.0 Å². The molecule has 34 heavy (non-hydrogen) atoms. The molecule has 0 radical (unpaired) electrons. The number of alkyl halides is 1. The van der Waals surface area contributed by atoms with Crippen molar-refractivity contribution in [3.8, 4) is 5.69 Å². The maximum atomic E-state index is 14.2. The second-order valence-corrected chi connectivity index (χ2v) is 10.5. The fraction of sp³-hybridized carbons (Fsp3) is 0.100. The molecule has 4 rings (SSSR count). The predicted octanol–water partition coefficient (Wildman–Crippen LogP) is 0.735. The number of H-pyrrole nitrogens is 1. The highest BCUT2D eigenvalue weighted by atomic mass is 35.5. The number of anilines is 1. The van der Waals surface area contributed by atoms with Crippen LogP contribution in [0.1, 0.15) is 0 Å². The van der Waals surface area contributed by atoms with Gasteiger partial charge >= 0.3 is 11.7 Å². The first kappa shape index (κ1) is 23.6. The minimum atomic E-state index is -4.10. The molecule has 10 nitrogen and oxygen atoms in total. The molecule has 3 N–H and O–H groups in total. The number of sulfonamides is 1. The number of hydrogen-bond acceptors (Lipinski definition) is 7. The van der Waals surface area contributed by atoms with Gasteiger partial charge in [-0.15, -0.1) is 11.3 Å². The van der Waals surface area contributed by atoms with Crippen molar-refractivity contribution in [2.75, 3.05) is 12.4 Å². The Bertz CT molecular complexity index is 1670. The number of carbonyl (C=O) groups excluding carboxylic acids is 1. The van der Waals surface area contributed by atoms with E-state index < -0.39 is 33.5 Å². The van der Waals surface area contributed by atoms with Crippen LogP contribution in [-0.4, -0.2) is 42.9 Å². The van der Waals surface area contributed by atoms with Gasteiger partial charge in [0.15, 0.2) is 6.17 Å². The Morgan fingerprint density at radius 1 is 1.21 bits per heavy atom. The third-order valence-electron chi connectivity index (χ3n) is 4.74. The average Bonchev–Trinajstić information content (AvgIpc) is 3.22. The van der Waals surface area contributed by atoms with E-state index in [0.29, 0.717) is 0 Å². The fourth-order valence-corrected chi connectivity index (χ4v) is 5.58. The smallest absolute Gasteiger partial charge is 0.307 e. The van der Waals surface area contributed by atoms with Gasteiger partial charge in [0.1, 0.15) is 4.21 Å². The summed E-state index contributed by atoms with van der Waals surface area (Å²) in [5, 5.41) is 2.49. The summed E-state index contributed by atoms with van der Waals surface area (Å²) in [6.45, 7) is 0. The zero-order chi connectivity index (χ0) is 24.6. The lowest BCUT2D eigenvalue weighted by Crippen LogP contribution is -2.55. The minimum absolute atomic E-state index is 0.0139. The number of nitrogens with zero attached hydrogens (tertiary/aromatic N) is 2. The number of aromatic nitrogens is 2. The number of thiophene rings is 1. The van der Waals surface area contributed by atoms with Crippen LogP contribution in [0, 0.1) is 0 Å². The Morgan fingerprint density at radius 2 is 1.91 bits per heavy atom. The summed E-state index contributed by atoms with van der Waals surface area (Å²) in [6, 6.07) is 7.10. The Balaban J connectivity index is 1.59. The zero-order valence-corrected chi connectivity index (χ0v) is 19.6. The molecule has 14 heteroatoms. The van der Waals surface area contributed by atoms with Crippen LogP contribution in [0.2, 0.25) is 4.34 Å². The first-order chi connectivity index (χ1) is 16.1. The summed E-state index contributed by atoms with van der Waals surface area (Å²) >= 11 is 6.52. The highest BCUT2D eigenvalue weighted by molar-refractivity contribution is 7.92. The summed E-state index contributed by atoms with van der Waals surface area (Å²) in [6.07, 6.45) is 0.793. The molecule has 0 aliphatic heterocycles. The quantitative estimate of drug-likeness (QED) is 0.462. The van der Waals surface area contributed by atoms with E-state index in [-0.39, 0.29) is 36.2 Å². The second-order valence-electron chi connectivity index (χ2n) is 6.92. The molecule has 0 fully saturated rings. The van der Waals surface area contributed by atoms with E-state index in [2.05, 4.69) is 15.3 Å². The van der Waals surface area contributed by atoms with Crippen molar-refractivity contribution in [3.63, 3.8) is 0 Å². The first-order valence-corrected chi connectivity index (χ1v) is 12.2. The molecule has 176 valence electrons. The number of hydrogen-bond donors (Lipinski definition) is 3. The van der Waals surface area contributed by atoms with Gasteiger partial charge in [-0.05, 0) is 48.6 Å². The maximum Gasteiger partial charge on any atom is 0.333 e. The van der Waals surface area contributed by atoms with Gasteiger partial charge in [0, 0.05) is 12.7 Å². The number of aliphatic imine (C=N–C) groups is 1. The number of carbonyl (C=O) groups is 1. The molecular formula is C20H15ClFN5O5S2. The Morgan fingerprint density at radius 3 is 2.53 bits per heavy atom. The average molecular weight is 524 g/mol. The number of aromatic amines is 1. The van der Waals surface area contributed by atoms with E-state index in [4.69, 9.17) is 11.6 Å². The van der Waals surface area contributed by atoms with Gasteiger partial charge < -0.3 is 10.3 Å². The van der Waals surface area contributed by atoms with Crippen LogP contribution in [0.5, 0.6) is 0 Å². The Labute approximate surface area is 199 Å². The molecule has 2 aromatic heterocycles. The van der Waals surface area contributed by atoms with Crippen molar-refractivity contribution >= 4 is 62.5 Å². The lowest BCUT2D eigenvalue weighted by atomic mass is 10.1. The number of nitrogens with one attached hydrogen (secondary N) is 3.